The fourth-order valence-electron chi connectivity index (χ4n) is 1.12. The molecule has 2 aromatic rings. The van der Waals surface area contributed by atoms with Crippen LogP contribution in [0, 0.1) is 6.92 Å². The molecule has 0 bridgehead atoms. The van der Waals surface area contributed by atoms with Crippen molar-refractivity contribution in [2.45, 2.75) is 6.92 Å². The zero-order chi connectivity index (χ0) is 7.84. The molecule has 0 aromatic carbocycles. The summed E-state index contributed by atoms with van der Waals surface area (Å²) in [4.78, 5) is 6.99. The topological polar surface area (TPSA) is 48.9 Å². The van der Waals surface area contributed by atoms with Crippen LogP contribution in [-0.2, 0) is 0 Å². The molecule has 0 saturated carbocycles. The summed E-state index contributed by atoms with van der Waals surface area (Å²) < 4.78 is 0. The van der Waals surface area contributed by atoms with Crippen LogP contribution in [0.1, 0.15) is 5.56 Å². The molecule has 3 heteroatoms. The molecule has 0 saturated heterocycles. The van der Waals surface area contributed by atoms with Crippen molar-refractivity contribution >= 4 is 11.0 Å². The average Bonchev–Trinajstić information content (AvgIpc) is 2.33. The van der Waals surface area contributed by atoms with Crippen molar-refractivity contribution < 1.29 is 5.11 Å². The SMILES string of the molecule is Cc1c[nH]c2ncc(O)cc12. The van der Waals surface area contributed by atoms with E-state index in [9.17, 15) is 0 Å². The van der Waals surface area contributed by atoms with Crippen LogP contribution >= 0.6 is 0 Å². The van der Waals surface area contributed by atoms with Gasteiger partial charge in [0.25, 0.3) is 0 Å². The Kier molecular flexibility index (Phi) is 1.12. The Labute approximate surface area is 63.7 Å². The van der Waals surface area contributed by atoms with E-state index < -0.39 is 0 Å². The number of nitrogens with one attached hydrogen (secondary N) is 1. The molecule has 56 valence electrons. The number of aryl methyl sites for hydroxylation is 1. The lowest BCUT2D eigenvalue weighted by Crippen LogP contribution is -1.74. The summed E-state index contributed by atoms with van der Waals surface area (Å²) in [6.45, 7) is 1.97. The van der Waals surface area contributed by atoms with Gasteiger partial charge in [-0.2, -0.15) is 0 Å². The lowest BCUT2D eigenvalue weighted by atomic mass is 10.2. The largest absolute Gasteiger partial charge is 0.506 e. The van der Waals surface area contributed by atoms with Gasteiger partial charge >= 0.3 is 0 Å². The number of hydrogen-bond donors (Lipinski definition) is 2. The van der Waals surface area contributed by atoms with Crippen LogP contribution in [0.5, 0.6) is 5.75 Å². The average molecular weight is 148 g/mol. The van der Waals surface area contributed by atoms with Crippen LogP contribution in [0.2, 0.25) is 0 Å². The Morgan fingerprint density at radius 3 is 3.18 bits per heavy atom. The quantitative estimate of drug-likeness (QED) is 0.595. The lowest BCUT2D eigenvalue weighted by Gasteiger charge is -1.91. The molecule has 3 nitrogen and oxygen atoms in total. The minimum absolute atomic E-state index is 0.209. The van der Waals surface area contributed by atoms with E-state index in [2.05, 4.69) is 9.97 Å². The minimum atomic E-state index is 0.209. The van der Waals surface area contributed by atoms with Crippen molar-refractivity contribution in [1.29, 1.82) is 0 Å². The first-order valence-corrected chi connectivity index (χ1v) is 3.40. The molecule has 0 radical (unpaired) electrons. The summed E-state index contributed by atoms with van der Waals surface area (Å²) in [5.74, 6) is 0.209. The number of aromatic amines is 1. The predicted molar refractivity (Wildman–Crippen MR) is 42.5 cm³/mol. The fraction of sp³-hybridized carbons (Fsp3) is 0.125. The summed E-state index contributed by atoms with van der Waals surface area (Å²) in [6, 6.07) is 1.70. The van der Waals surface area contributed by atoms with Crippen molar-refractivity contribution in [3.05, 3.63) is 24.0 Å². The van der Waals surface area contributed by atoms with Crippen LogP contribution in [0.3, 0.4) is 0 Å². The second-order valence-electron chi connectivity index (χ2n) is 2.56. The number of hydrogen-bond acceptors (Lipinski definition) is 2. The maximum absolute atomic E-state index is 9.10. The number of fused-ring (bicyclic) bond motifs is 1. The first kappa shape index (κ1) is 6.22. The van der Waals surface area contributed by atoms with E-state index in [1.165, 1.54) is 6.20 Å². The van der Waals surface area contributed by atoms with Crippen molar-refractivity contribution in [1.82, 2.24) is 9.97 Å². The second-order valence-corrected chi connectivity index (χ2v) is 2.56. The molecular formula is C8H8N2O. The van der Waals surface area contributed by atoms with E-state index in [-0.39, 0.29) is 5.75 Å². The van der Waals surface area contributed by atoms with Gasteiger partial charge < -0.3 is 10.1 Å². The number of aromatic hydroxyl groups is 1. The molecule has 11 heavy (non-hydrogen) atoms. The van der Waals surface area contributed by atoms with E-state index in [0.717, 1.165) is 16.6 Å². The Bertz CT molecular complexity index is 392. The number of rotatable bonds is 0. The van der Waals surface area contributed by atoms with Gasteiger partial charge in [0.2, 0.25) is 0 Å². The molecule has 0 unspecified atom stereocenters. The molecular weight excluding hydrogens is 140 g/mol. The smallest absolute Gasteiger partial charge is 0.137 e. The zero-order valence-corrected chi connectivity index (χ0v) is 6.13. The lowest BCUT2D eigenvalue weighted by molar-refractivity contribution is 0.474. The van der Waals surface area contributed by atoms with Gasteiger partial charge in [0, 0.05) is 11.6 Å². The Morgan fingerprint density at radius 2 is 2.36 bits per heavy atom. The van der Waals surface area contributed by atoms with E-state index in [1.54, 1.807) is 6.07 Å². The number of nitrogens with zero attached hydrogens (tertiary/aromatic N) is 1. The van der Waals surface area contributed by atoms with Gasteiger partial charge in [-0.15, -0.1) is 0 Å². The molecule has 2 rings (SSSR count). The molecule has 0 fully saturated rings. The molecule has 0 atom stereocenters. The van der Waals surface area contributed by atoms with Crippen LogP contribution in [-0.4, -0.2) is 15.1 Å². The highest BCUT2D eigenvalue weighted by molar-refractivity contribution is 5.80. The molecule has 0 aliphatic heterocycles. The third-order valence-corrected chi connectivity index (χ3v) is 1.72. The molecule has 0 aliphatic rings. The van der Waals surface area contributed by atoms with Crippen molar-refractivity contribution in [2.24, 2.45) is 0 Å². The monoisotopic (exact) mass is 148 g/mol. The van der Waals surface area contributed by atoms with Crippen LogP contribution < -0.4 is 0 Å². The fourth-order valence-corrected chi connectivity index (χ4v) is 1.12. The van der Waals surface area contributed by atoms with Gasteiger partial charge in [0.15, 0.2) is 0 Å². The summed E-state index contributed by atoms with van der Waals surface area (Å²) in [5.41, 5.74) is 1.92. The standard InChI is InChI=1S/C8H8N2O/c1-5-3-9-8-7(5)2-6(11)4-10-8/h2-4,11H,1H3,(H,9,10). The Hall–Kier alpha value is -1.51. The number of aromatic nitrogens is 2. The van der Waals surface area contributed by atoms with Crippen LogP contribution in [0.15, 0.2) is 18.5 Å². The first-order chi connectivity index (χ1) is 5.27. The van der Waals surface area contributed by atoms with Crippen LogP contribution in [0.25, 0.3) is 11.0 Å². The molecule has 0 spiro atoms. The van der Waals surface area contributed by atoms with Crippen molar-refractivity contribution in [2.75, 3.05) is 0 Å². The highest BCUT2D eigenvalue weighted by Gasteiger charge is 1.99. The van der Waals surface area contributed by atoms with Gasteiger partial charge in [-0.05, 0) is 18.6 Å². The van der Waals surface area contributed by atoms with Crippen LogP contribution in [0.4, 0.5) is 0 Å². The van der Waals surface area contributed by atoms with E-state index >= 15 is 0 Å². The third-order valence-electron chi connectivity index (χ3n) is 1.72. The van der Waals surface area contributed by atoms with Gasteiger partial charge in [0.1, 0.15) is 11.4 Å². The predicted octanol–water partition coefficient (Wildman–Crippen LogP) is 1.58. The number of H-pyrrole nitrogens is 1. The highest BCUT2D eigenvalue weighted by Crippen LogP contribution is 2.19. The second kappa shape index (κ2) is 1.99. The highest BCUT2D eigenvalue weighted by atomic mass is 16.3. The summed E-state index contributed by atoms with van der Waals surface area (Å²) in [5, 5.41) is 10.1. The zero-order valence-electron chi connectivity index (χ0n) is 6.13. The summed E-state index contributed by atoms with van der Waals surface area (Å²) in [7, 11) is 0. The van der Waals surface area contributed by atoms with E-state index in [0.29, 0.717) is 0 Å². The van der Waals surface area contributed by atoms with Gasteiger partial charge in [-0.25, -0.2) is 4.98 Å². The maximum Gasteiger partial charge on any atom is 0.137 e. The summed E-state index contributed by atoms with van der Waals surface area (Å²) in [6.07, 6.45) is 3.30. The summed E-state index contributed by atoms with van der Waals surface area (Å²) >= 11 is 0. The van der Waals surface area contributed by atoms with Gasteiger partial charge in [-0.3, -0.25) is 0 Å². The minimum Gasteiger partial charge on any atom is -0.506 e. The third kappa shape index (κ3) is 0.852. The molecule has 2 aromatic heterocycles. The maximum atomic E-state index is 9.10. The number of pyridine rings is 1. The molecule has 0 aliphatic carbocycles. The van der Waals surface area contributed by atoms with Crippen molar-refractivity contribution in [3.63, 3.8) is 0 Å². The molecule has 2 N–H and O–H groups in total. The Morgan fingerprint density at radius 1 is 1.55 bits per heavy atom. The van der Waals surface area contributed by atoms with Gasteiger partial charge in [0.05, 0.1) is 6.20 Å². The molecule has 2 heterocycles. The normalized spacial score (nSPS) is 10.6. The van der Waals surface area contributed by atoms with Gasteiger partial charge in [-0.1, -0.05) is 0 Å². The van der Waals surface area contributed by atoms with E-state index in [1.807, 2.05) is 13.1 Å². The first-order valence-electron chi connectivity index (χ1n) is 3.40. The molecule has 0 amide bonds. The Balaban J connectivity index is 2.87. The van der Waals surface area contributed by atoms with E-state index in [4.69, 9.17) is 5.11 Å². The van der Waals surface area contributed by atoms with Crippen molar-refractivity contribution in [3.8, 4) is 5.75 Å².